The van der Waals surface area contributed by atoms with Crippen LogP contribution in [0, 0.1) is 0 Å². The van der Waals surface area contributed by atoms with E-state index in [1.165, 1.54) is 30.4 Å². The van der Waals surface area contributed by atoms with Gasteiger partial charge in [0.15, 0.2) is 0 Å². The summed E-state index contributed by atoms with van der Waals surface area (Å²) in [5, 5.41) is 0. The molecule has 0 aromatic heterocycles. The molecule has 0 N–H and O–H groups in total. The Labute approximate surface area is 77.4 Å². The minimum Gasteiger partial charge on any atom is -0.317 e. The maximum absolute atomic E-state index is 2.39. The second-order valence-electron chi connectivity index (χ2n) is 5.45. The summed E-state index contributed by atoms with van der Waals surface area (Å²) in [5.41, 5.74) is 0.435. The van der Waals surface area contributed by atoms with Crippen LogP contribution in [0.2, 0.25) is 0 Å². The molecule has 12 heavy (non-hydrogen) atoms. The molecule has 1 nitrogen and oxygen atoms in total. The molecule has 1 rings (SSSR count). The zero-order chi connectivity index (χ0) is 9.41. The van der Waals surface area contributed by atoms with E-state index in [0.717, 1.165) is 6.04 Å². The monoisotopic (exact) mass is 170 g/mol. The quantitative estimate of drug-likeness (QED) is 0.531. The highest BCUT2D eigenvalue weighted by Crippen LogP contribution is 2.33. The largest absolute Gasteiger partial charge is 0.317 e. The number of hydrogen-bond donors (Lipinski definition) is 0. The number of likely N-dealkylation sites (tertiary alicyclic amines) is 1. The van der Waals surface area contributed by atoms with E-state index < -0.39 is 0 Å². The Morgan fingerprint density at radius 3 is 1.58 bits per heavy atom. The Hall–Kier alpha value is -0.0400. The van der Waals surface area contributed by atoms with Gasteiger partial charge in [0.1, 0.15) is 0 Å². The van der Waals surface area contributed by atoms with Gasteiger partial charge < -0.3 is 4.48 Å². The van der Waals surface area contributed by atoms with Gasteiger partial charge in [-0.3, -0.25) is 0 Å². The summed E-state index contributed by atoms with van der Waals surface area (Å²) >= 11 is 0. The van der Waals surface area contributed by atoms with E-state index in [1.54, 1.807) is 0 Å². The van der Waals surface area contributed by atoms with Crippen LogP contribution in [0.5, 0.6) is 0 Å². The van der Waals surface area contributed by atoms with Crippen molar-refractivity contribution in [3.8, 4) is 0 Å². The van der Waals surface area contributed by atoms with Crippen molar-refractivity contribution in [3.63, 3.8) is 0 Å². The molecule has 1 heterocycles. The van der Waals surface area contributed by atoms with E-state index in [4.69, 9.17) is 0 Å². The predicted molar refractivity (Wildman–Crippen MR) is 54.1 cm³/mol. The van der Waals surface area contributed by atoms with Crippen LogP contribution in [-0.4, -0.2) is 29.2 Å². The zero-order valence-corrected chi connectivity index (χ0v) is 9.35. The molecule has 0 amide bonds. The van der Waals surface area contributed by atoms with E-state index in [2.05, 4.69) is 34.6 Å². The first-order valence-corrected chi connectivity index (χ1v) is 5.27. The van der Waals surface area contributed by atoms with E-state index in [0.29, 0.717) is 5.54 Å². The minimum atomic E-state index is 0.435. The Morgan fingerprint density at radius 2 is 1.42 bits per heavy atom. The standard InChI is InChI=1S/C11H24N/c1-10(2)12(11(3,4)5)8-6-7-9-12/h10H,6-9H2,1-5H3/q+1. The lowest BCUT2D eigenvalue weighted by molar-refractivity contribution is -0.978. The van der Waals surface area contributed by atoms with Gasteiger partial charge in [-0.1, -0.05) is 0 Å². The fourth-order valence-electron chi connectivity index (χ4n) is 2.86. The molecule has 1 fully saturated rings. The number of hydrogen-bond acceptors (Lipinski definition) is 0. The van der Waals surface area contributed by atoms with Gasteiger partial charge in [0, 0.05) is 12.8 Å². The Bertz CT molecular complexity index is 147. The molecule has 0 atom stereocenters. The smallest absolute Gasteiger partial charge is 0.0909 e. The molecule has 0 aromatic carbocycles. The summed E-state index contributed by atoms with van der Waals surface area (Å²) in [5.74, 6) is 0. The van der Waals surface area contributed by atoms with Crippen LogP contribution < -0.4 is 0 Å². The third-order valence-electron chi connectivity index (χ3n) is 3.69. The average molecular weight is 170 g/mol. The molecule has 0 spiro atoms. The lowest BCUT2D eigenvalue weighted by Crippen LogP contribution is -2.62. The minimum absolute atomic E-state index is 0.435. The Balaban J connectivity index is 2.87. The van der Waals surface area contributed by atoms with E-state index in [9.17, 15) is 0 Å². The van der Waals surface area contributed by atoms with Crippen molar-refractivity contribution in [2.75, 3.05) is 13.1 Å². The van der Waals surface area contributed by atoms with Crippen LogP contribution in [0.3, 0.4) is 0 Å². The zero-order valence-electron chi connectivity index (χ0n) is 9.35. The number of nitrogens with zero attached hydrogens (tertiary/aromatic N) is 1. The normalized spacial score (nSPS) is 23.5. The van der Waals surface area contributed by atoms with Crippen LogP contribution in [0.1, 0.15) is 47.5 Å². The number of rotatable bonds is 1. The van der Waals surface area contributed by atoms with Crippen molar-refractivity contribution in [3.05, 3.63) is 0 Å². The van der Waals surface area contributed by atoms with Gasteiger partial charge in [0.2, 0.25) is 0 Å². The van der Waals surface area contributed by atoms with Crippen LogP contribution in [0.4, 0.5) is 0 Å². The highest BCUT2D eigenvalue weighted by atomic mass is 15.4. The maximum atomic E-state index is 2.39. The number of quaternary nitrogens is 1. The first-order chi connectivity index (χ1) is 5.40. The van der Waals surface area contributed by atoms with Gasteiger partial charge >= 0.3 is 0 Å². The summed E-state index contributed by atoms with van der Waals surface area (Å²) in [6, 6.07) is 0.785. The molecule has 0 aromatic rings. The van der Waals surface area contributed by atoms with Crippen molar-refractivity contribution < 1.29 is 4.48 Å². The third kappa shape index (κ3) is 1.39. The van der Waals surface area contributed by atoms with E-state index >= 15 is 0 Å². The maximum Gasteiger partial charge on any atom is 0.0909 e. The molecule has 1 heteroatoms. The fourth-order valence-corrected chi connectivity index (χ4v) is 2.86. The Morgan fingerprint density at radius 1 is 1.00 bits per heavy atom. The van der Waals surface area contributed by atoms with E-state index in [1.807, 2.05) is 0 Å². The van der Waals surface area contributed by atoms with Gasteiger partial charge in [-0.05, 0) is 34.6 Å². The second-order valence-corrected chi connectivity index (χ2v) is 5.45. The molecule has 0 unspecified atom stereocenters. The summed E-state index contributed by atoms with van der Waals surface area (Å²) in [7, 11) is 0. The molecule has 0 bridgehead atoms. The lowest BCUT2D eigenvalue weighted by Gasteiger charge is -2.49. The SMILES string of the molecule is CC(C)[N+]1(C(C)(C)C)CCCC1. The van der Waals surface area contributed by atoms with Gasteiger partial charge in [-0.15, -0.1) is 0 Å². The van der Waals surface area contributed by atoms with Crippen LogP contribution >= 0.6 is 0 Å². The van der Waals surface area contributed by atoms with Crippen molar-refractivity contribution >= 4 is 0 Å². The Kier molecular flexibility index (Phi) is 2.53. The summed E-state index contributed by atoms with van der Waals surface area (Å²) in [6.45, 7) is 14.7. The van der Waals surface area contributed by atoms with Gasteiger partial charge in [-0.2, -0.15) is 0 Å². The molecule has 0 saturated carbocycles. The molecular formula is C11H24N+. The third-order valence-corrected chi connectivity index (χ3v) is 3.69. The first kappa shape index (κ1) is 10.0. The topological polar surface area (TPSA) is 0 Å². The van der Waals surface area contributed by atoms with Gasteiger partial charge in [0.05, 0.1) is 24.7 Å². The summed E-state index contributed by atoms with van der Waals surface area (Å²) in [6.07, 6.45) is 2.85. The van der Waals surface area contributed by atoms with Crippen LogP contribution in [-0.2, 0) is 0 Å². The molecule has 0 aliphatic carbocycles. The molecule has 1 aliphatic rings. The van der Waals surface area contributed by atoms with Gasteiger partial charge in [-0.25, -0.2) is 0 Å². The predicted octanol–water partition coefficient (Wildman–Crippen LogP) is 2.80. The van der Waals surface area contributed by atoms with Crippen molar-refractivity contribution in [2.45, 2.75) is 59.0 Å². The molecule has 1 saturated heterocycles. The molecular weight excluding hydrogens is 146 g/mol. The van der Waals surface area contributed by atoms with Crippen molar-refractivity contribution in [1.29, 1.82) is 0 Å². The summed E-state index contributed by atoms with van der Waals surface area (Å²) in [4.78, 5) is 0. The molecule has 72 valence electrons. The van der Waals surface area contributed by atoms with E-state index in [-0.39, 0.29) is 0 Å². The average Bonchev–Trinajstić information content (AvgIpc) is 2.31. The van der Waals surface area contributed by atoms with Crippen molar-refractivity contribution in [1.82, 2.24) is 0 Å². The molecule has 1 aliphatic heterocycles. The first-order valence-electron chi connectivity index (χ1n) is 5.27. The lowest BCUT2D eigenvalue weighted by atomic mass is 9.99. The summed E-state index contributed by atoms with van der Waals surface area (Å²) < 4.78 is 1.33. The fraction of sp³-hybridized carbons (Fsp3) is 1.00. The van der Waals surface area contributed by atoms with Crippen LogP contribution in [0.25, 0.3) is 0 Å². The highest BCUT2D eigenvalue weighted by molar-refractivity contribution is 4.70. The highest BCUT2D eigenvalue weighted by Gasteiger charge is 2.44. The van der Waals surface area contributed by atoms with Crippen LogP contribution in [0.15, 0.2) is 0 Å². The van der Waals surface area contributed by atoms with Crippen molar-refractivity contribution in [2.24, 2.45) is 0 Å². The van der Waals surface area contributed by atoms with Gasteiger partial charge in [0.25, 0.3) is 0 Å². The second kappa shape index (κ2) is 3.02. The molecule has 0 radical (unpaired) electrons.